The van der Waals surface area contributed by atoms with Gasteiger partial charge in [-0.05, 0) is 39.5 Å². The van der Waals surface area contributed by atoms with Crippen LogP contribution in [0.1, 0.15) is 40.5 Å². The molecule has 1 N–H and O–H groups in total. The number of alkyl carbamates (subject to hydrolysis) is 1. The second-order valence-corrected chi connectivity index (χ2v) is 4.92. The van der Waals surface area contributed by atoms with E-state index in [1.54, 1.807) is 0 Å². The maximum atomic E-state index is 11.2. The van der Waals surface area contributed by atoms with Crippen LogP contribution < -0.4 is 5.32 Å². The van der Waals surface area contributed by atoms with Gasteiger partial charge in [-0.15, -0.1) is 0 Å². The van der Waals surface area contributed by atoms with Crippen molar-refractivity contribution in [3.8, 4) is 0 Å². The summed E-state index contributed by atoms with van der Waals surface area (Å²) in [4.78, 5) is 11.2. The van der Waals surface area contributed by atoms with Crippen molar-refractivity contribution in [2.45, 2.75) is 52.2 Å². The van der Waals surface area contributed by atoms with Crippen LogP contribution in [0, 0.1) is 5.92 Å². The van der Waals surface area contributed by atoms with Gasteiger partial charge in [-0.25, -0.2) is 4.79 Å². The molecule has 0 heterocycles. The maximum Gasteiger partial charge on any atom is 0.407 e. The van der Waals surface area contributed by atoms with Gasteiger partial charge in [0.2, 0.25) is 0 Å². The molecule has 0 atom stereocenters. The number of hydrogen-bond donors (Lipinski definition) is 1. The summed E-state index contributed by atoms with van der Waals surface area (Å²) in [5.41, 5.74) is -0.389. The van der Waals surface area contributed by atoms with E-state index in [1.807, 2.05) is 20.8 Å². The molecule has 0 spiro atoms. The number of rotatable bonds is 1. The van der Waals surface area contributed by atoms with E-state index in [1.165, 1.54) is 0 Å². The van der Waals surface area contributed by atoms with Gasteiger partial charge in [0.25, 0.3) is 0 Å². The number of nitrogens with one attached hydrogen (secondary N) is 1. The van der Waals surface area contributed by atoms with Gasteiger partial charge in [-0.1, -0.05) is 6.92 Å². The van der Waals surface area contributed by atoms with Gasteiger partial charge in [-0.3, -0.25) is 0 Å². The molecule has 0 bridgehead atoms. The van der Waals surface area contributed by atoms with E-state index >= 15 is 0 Å². The lowest BCUT2D eigenvalue weighted by atomic mass is 9.82. The Balaban J connectivity index is 2.19. The topological polar surface area (TPSA) is 38.3 Å². The predicted molar refractivity (Wildman–Crippen MR) is 51.6 cm³/mol. The third-order valence-corrected chi connectivity index (χ3v) is 2.09. The highest BCUT2D eigenvalue weighted by Gasteiger charge is 2.28. The quantitative estimate of drug-likeness (QED) is 0.680. The van der Waals surface area contributed by atoms with E-state index in [-0.39, 0.29) is 11.7 Å². The van der Waals surface area contributed by atoms with Crippen molar-refractivity contribution < 1.29 is 9.53 Å². The summed E-state index contributed by atoms with van der Waals surface area (Å²) in [6, 6.07) is 0.338. The molecule has 1 fully saturated rings. The molecule has 0 aliphatic heterocycles. The van der Waals surface area contributed by atoms with E-state index in [4.69, 9.17) is 4.74 Å². The number of amides is 1. The molecule has 1 saturated carbocycles. The van der Waals surface area contributed by atoms with Gasteiger partial charge in [0, 0.05) is 6.04 Å². The molecule has 0 aromatic heterocycles. The smallest absolute Gasteiger partial charge is 0.407 e. The molecule has 0 radical (unpaired) electrons. The first kappa shape index (κ1) is 10.4. The van der Waals surface area contributed by atoms with Crippen molar-refractivity contribution >= 4 is 6.09 Å². The standard InChI is InChI=1S/C10H19NO2/c1-7-5-8(6-7)11-9(12)13-10(2,3)4/h7-8H,5-6H2,1-4H3,(H,11,12). The number of carbonyl (C=O) groups excluding carboxylic acids is 1. The molecule has 0 unspecified atom stereocenters. The SMILES string of the molecule is CC1CC(NC(=O)OC(C)(C)C)C1. The molecule has 1 rings (SSSR count). The van der Waals surface area contributed by atoms with Gasteiger partial charge in [0.15, 0.2) is 0 Å². The third kappa shape index (κ3) is 3.66. The highest BCUT2D eigenvalue weighted by Crippen LogP contribution is 2.26. The summed E-state index contributed by atoms with van der Waals surface area (Å²) in [6.45, 7) is 7.80. The molecule has 0 aromatic rings. The minimum absolute atomic E-state index is 0.288. The predicted octanol–water partition coefficient (Wildman–Crippen LogP) is 2.31. The van der Waals surface area contributed by atoms with Crippen molar-refractivity contribution in [1.82, 2.24) is 5.32 Å². The van der Waals surface area contributed by atoms with Crippen LogP contribution in [0.3, 0.4) is 0 Å². The zero-order chi connectivity index (χ0) is 10.1. The Labute approximate surface area is 79.8 Å². The van der Waals surface area contributed by atoms with Crippen LogP contribution in [0.2, 0.25) is 0 Å². The Morgan fingerprint density at radius 2 is 1.92 bits per heavy atom. The van der Waals surface area contributed by atoms with Gasteiger partial charge >= 0.3 is 6.09 Å². The molecule has 1 amide bonds. The van der Waals surface area contributed by atoms with Crippen LogP contribution in [-0.4, -0.2) is 17.7 Å². The monoisotopic (exact) mass is 185 g/mol. The Hall–Kier alpha value is -0.730. The minimum Gasteiger partial charge on any atom is -0.444 e. The van der Waals surface area contributed by atoms with Crippen molar-refractivity contribution in [2.24, 2.45) is 5.92 Å². The average molecular weight is 185 g/mol. The third-order valence-electron chi connectivity index (χ3n) is 2.09. The summed E-state index contributed by atoms with van der Waals surface area (Å²) in [6.07, 6.45) is 1.88. The fourth-order valence-corrected chi connectivity index (χ4v) is 1.49. The summed E-state index contributed by atoms with van der Waals surface area (Å²) < 4.78 is 5.13. The first-order valence-electron chi connectivity index (χ1n) is 4.86. The van der Waals surface area contributed by atoms with Crippen LogP contribution in [0.5, 0.6) is 0 Å². The fourth-order valence-electron chi connectivity index (χ4n) is 1.49. The van der Waals surface area contributed by atoms with Crippen molar-refractivity contribution in [1.29, 1.82) is 0 Å². The second-order valence-electron chi connectivity index (χ2n) is 4.92. The molecular formula is C10H19NO2. The highest BCUT2D eigenvalue weighted by molar-refractivity contribution is 5.68. The number of carbonyl (C=O) groups is 1. The minimum atomic E-state index is -0.389. The average Bonchev–Trinajstić information content (AvgIpc) is 1.79. The molecular weight excluding hydrogens is 166 g/mol. The van der Waals surface area contributed by atoms with E-state index in [9.17, 15) is 4.79 Å². The van der Waals surface area contributed by atoms with Crippen molar-refractivity contribution in [3.05, 3.63) is 0 Å². The summed E-state index contributed by atoms with van der Waals surface area (Å²) in [7, 11) is 0. The Bertz CT molecular complexity index is 190. The molecule has 3 nitrogen and oxygen atoms in total. The zero-order valence-electron chi connectivity index (χ0n) is 8.89. The molecule has 0 aromatic carbocycles. The number of hydrogen-bond acceptors (Lipinski definition) is 2. The highest BCUT2D eigenvalue weighted by atomic mass is 16.6. The first-order valence-corrected chi connectivity index (χ1v) is 4.86. The van der Waals surface area contributed by atoms with E-state index in [0.29, 0.717) is 6.04 Å². The van der Waals surface area contributed by atoms with E-state index < -0.39 is 0 Å². The van der Waals surface area contributed by atoms with Gasteiger partial charge in [0.05, 0.1) is 0 Å². The van der Waals surface area contributed by atoms with Crippen molar-refractivity contribution in [2.75, 3.05) is 0 Å². The summed E-state index contributed by atoms with van der Waals surface area (Å²) in [5.74, 6) is 0.750. The van der Waals surface area contributed by atoms with Crippen LogP contribution in [0.15, 0.2) is 0 Å². The molecule has 0 saturated heterocycles. The summed E-state index contributed by atoms with van der Waals surface area (Å²) in [5, 5.41) is 2.84. The van der Waals surface area contributed by atoms with E-state index in [2.05, 4.69) is 12.2 Å². The molecule has 1 aliphatic rings. The summed E-state index contributed by atoms with van der Waals surface area (Å²) >= 11 is 0. The van der Waals surface area contributed by atoms with Crippen molar-refractivity contribution in [3.63, 3.8) is 0 Å². The van der Waals surface area contributed by atoms with Gasteiger partial charge in [-0.2, -0.15) is 0 Å². The zero-order valence-corrected chi connectivity index (χ0v) is 8.89. The van der Waals surface area contributed by atoms with E-state index in [0.717, 1.165) is 18.8 Å². The van der Waals surface area contributed by atoms with Crippen LogP contribution in [-0.2, 0) is 4.74 Å². The largest absolute Gasteiger partial charge is 0.444 e. The lowest BCUT2D eigenvalue weighted by molar-refractivity contribution is 0.0458. The Morgan fingerprint density at radius 3 is 2.31 bits per heavy atom. The molecule has 1 aliphatic carbocycles. The van der Waals surface area contributed by atoms with Gasteiger partial charge in [0.1, 0.15) is 5.60 Å². The molecule has 76 valence electrons. The number of ether oxygens (including phenoxy) is 1. The lowest BCUT2D eigenvalue weighted by Gasteiger charge is -2.33. The molecule has 13 heavy (non-hydrogen) atoms. The Morgan fingerprint density at radius 1 is 1.38 bits per heavy atom. The fraction of sp³-hybridized carbons (Fsp3) is 0.900. The first-order chi connectivity index (χ1) is 5.87. The normalized spacial score (nSPS) is 27.7. The van der Waals surface area contributed by atoms with Crippen LogP contribution in [0.4, 0.5) is 4.79 Å². The maximum absolute atomic E-state index is 11.2. The van der Waals surface area contributed by atoms with Gasteiger partial charge < -0.3 is 10.1 Å². The van der Waals surface area contributed by atoms with Crippen LogP contribution >= 0.6 is 0 Å². The Kier molecular flexibility index (Phi) is 2.84. The lowest BCUT2D eigenvalue weighted by Crippen LogP contribution is -2.45. The van der Waals surface area contributed by atoms with Crippen LogP contribution in [0.25, 0.3) is 0 Å². The molecule has 3 heteroatoms. The second kappa shape index (κ2) is 3.56.